The molecule has 0 N–H and O–H groups in total. The highest BCUT2D eigenvalue weighted by molar-refractivity contribution is 9.10. The molecule has 2 rings (SSSR count). The van der Waals surface area contributed by atoms with Crippen molar-refractivity contribution in [3.63, 3.8) is 0 Å². The summed E-state index contributed by atoms with van der Waals surface area (Å²) in [5, 5.41) is 8.93. The largest absolute Gasteiger partial charge is 0.207 e. The first-order valence-electron chi connectivity index (χ1n) is 4.82. The minimum atomic E-state index is -0.387. The minimum Gasteiger partial charge on any atom is -0.207 e. The van der Waals surface area contributed by atoms with Crippen LogP contribution in [0.2, 0.25) is 0 Å². The lowest BCUT2D eigenvalue weighted by Gasteiger charge is -2.04. The van der Waals surface area contributed by atoms with Crippen molar-refractivity contribution in [1.82, 2.24) is 0 Å². The van der Waals surface area contributed by atoms with Crippen LogP contribution in [0.4, 0.5) is 4.39 Å². The molecular weight excluding hydrogens is 301 g/mol. The first-order chi connectivity index (χ1) is 8.19. The van der Waals surface area contributed by atoms with Crippen LogP contribution in [0, 0.1) is 17.1 Å². The molecule has 0 radical (unpaired) electrons. The summed E-state index contributed by atoms with van der Waals surface area (Å²) in [5.74, 6) is -0.387. The molecule has 0 spiro atoms. The Morgan fingerprint density at radius 3 is 2.47 bits per heavy atom. The molecule has 17 heavy (non-hydrogen) atoms. The SMILES string of the molecule is N#Cc1cc(F)ccc1Sc1ccc(Br)cc1. The van der Waals surface area contributed by atoms with E-state index in [4.69, 9.17) is 5.26 Å². The van der Waals surface area contributed by atoms with Gasteiger partial charge in [-0.05, 0) is 42.5 Å². The van der Waals surface area contributed by atoms with E-state index in [-0.39, 0.29) is 5.82 Å². The topological polar surface area (TPSA) is 23.8 Å². The van der Waals surface area contributed by atoms with E-state index in [1.165, 1.54) is 23.9 Å². The fraction of sp³-hybridized carbons (Fsp3) is 0. The van der Waals surface area contributed by atoms with E-state index < -0.39 is 0 Å². The van der Waals surface area contributed by atoms with Crippen LogP contribution < -0.4 is 0 Å². The van der Waals surface area contributed by atoms with Gasteiger partial charge in [-0.2, -0.15) is 5.26 Å². The van der Waals surface area contributed by atoms with Crippen LogP contribution in [0.1, 0.15) is 5.56 Å². The quantitative estimate of drug-likeness (QED) is 0.809. The zero-order valence-corrected chi connectivity index (χ0v) is 11.1. The number of nitriles is 1. The summed E-state index contributed by atoms with van der Waals surface area (Å²) in [4.78, 5) is 1.77. The normalized spacial score (nSPS) is 9.94. The molecule has 0 aliphatic rings. The van der Waals surface area contributed by atoms with E-state index in [1.807, 2.05) is 30.3 Å². The van der Waals surface area contributed by atoms with Gasteiger partial charge >= 0.3 is 0 Å². The predicted octanol–water partition coefficient (Wildman–Crippen LogP) is 4.61. The number of benzene rings is 2. The molecule has 0 unspecified atom stereocenters. The summed E-state index contributed by atoms with van der Waals surface area (Å²) in [6.07, 6.45) is 0. The van der Waals surface area contributed by atoms with Gasteiger partial charge in [-0.15, -0.1) is 0 Å². The van der Waals surface area contributed by atoms with Crippen molar-refractivity contribution < 1.29 is 4.39 Å². The average molecular weight is 308 g/mol. The number of hydrogen-bond acceptors (Lipinski definition) is 2. The molecule has 0 aliphatic carbocycles. The molecule has 0 aliphatic heterocycles. The minimum absolute atomic E-state index is 0.359. The van der Waals surface area contributed by atoms with Crippen molar-refractivity contribution in [1.29, 1.82) is 5.26 Å². The molecule has 2 aromatic rings. The standard InChI is InChI=1S/C13H7BrFNS/c14-10-1-4-12(5-2-10)17-13-6-3-11(15)7-9(13)8-16/h1-7H. The van der Waals surface area contributed by atoms with Crippen molar-refractivity contribution in [2.75, 3.05) is 0 Å². The van der Waals surface area contributed by atoms with E-state index >= 15 is 0 Å². The third-order valence-corrected chi connectivity index (χ3v) is 3.72. The van der Waals surface area contributed by atoms with Crippen molar-refractivity contribution in [2.24, 2.45) is 0 Å². The Bertz CT molecular complexity index is 575. The van der Waals surface area contributed by atoms with Crippen LogP contribution in [0.15, 0.2) is 56.7 Å². The molecule has 84 valence electrons. The smallest absolute Gasteiger partial charge is 0.124 e. The molecule has 4 heteroatoms. The van der Waals surface area contributed by atoms with Crippen LogP contribution >= 0.6 is 27.7 Å². The molecule has 0 saturated carbocycles. The summed E-state index contributed by atoms with van der Waals surface area (Å²) in [7, 11) is 0. The van der Waals surface area contributed by atoms with Gasteiger partial charge < -0.3 is 0 Å². The van der Waals surface area contributed by atoms with Gasteiger partial charge in [0.25, 0.3) is 0 Å². The molecule has 1 nitrogen and oxygen atoms in total. The number of hydrogen-bond donors (Lipinski definition) is 0. The zero-order valence-electron chi connectivity index (χ0n) is 8.65. The van der Waals surface area contributed by atoms with Crippen LogP contribution in [-0.2, 0) is 0 Å². The lowest BCUT2D eigenvalue weighted by atomic mass is 10.2. The second kappa shape index (κ2) is 5.35. The van der Waals surface area contributed by atoms with Gasteiger partial charge in [0.2, 0.25) is 0 Å². The maximum atomic E-state index is 13.0. The first-order valence-corrected chi connectivity index (χ1v) is 6.43. The third-order valence-electron chi connectivity index (χ3n) is 2.10. The van der Waals surface area contributed by atoms with Crippen LogP contribution in [0.3, 0.4) is 0 Å². The monoisotopic (exact) mass is 307 g/mol. The van der Waals surface area contributed by atoms with Crippen LogP contribution in [-0.4, -0.2) is 0 Å². The third kappa shape index (κ3) is 3.09. The Morgan fingerprint density at radius 2 is 1.82 bits per heavy atom. The molecule has 0 saturated heterocycles. The molecule has 0 amide bonds. The molecule has 0 heterocycles. The highest BCUT2D eigenvalue weighted by Crippen LogP contribution is 2.31. The van der Waals surface area contributed by atoms with E-state index in [0.29, 0.717) is 5.56 Å². The highest BCUT2D eigenvalue weighted by Gasteiger charge is 2.05. The Hall–Kier alpha value is -1.31. The van der Waals surface area contributed by atoms with Gasteiger partial charge in [0.1, 0.15) is 11.9 Å². The fourth-order valence-corrected chi connectivity index (χ4v) is 2.45. The molecular formula is C13H7BrFNS. The van der Waals surface area contributed by atoms with E-state index in [2.05, 4.69) is 15.9 Å². The number of rotatable bonds is 2. The summed E-state index contributed by atoms with van der Waals surface area (Å²) in [5.41, 5.74) is 0.359. The Morgan fingerprint density at radius 1 is 1.12 bits per heavy atom. The van der Waals surface area contributed by atoms with Crippen molar-refractivity contribution in [3.8, 4) is 6.07 Å². The van der Waals surface area contributed by atoms with Crippen molar-refractivity contribution in [3.05, 3.63) is 58.3 Å². The highest BCUT2D eigenvalue weighted by atomic mass is 79.9. The van der Waals surface area contributed by atoms with Crippen molar-refractivity contribution >= 4 is 27.7 Å². The maximum absolute atomic E-state index is 13.0. The van der Waals surface area contributed by atoms with Gasteiger partial charge in [-0.1, -0.05) is 27.7 Å². The number of halogens is 2. The lowest BCUT2D eigenvalue weighted by Crippen LogP contribution is -1.83. The molecule has 2 aromatic carbocycles. The van der Waals surface area contributed by atoms with Gasteiger partial charge in [0, 0.05) is 14.3 Å². The van der Waals surface area contributed by atoms with Gasteiger partial charge in [0.05, 0.1) is 5.56 Å². The van der Waals surface area contributed by atoms with Crippen LogP contribution in [0.25, 0.3) is 0 Å². The van der Waals surface area contributed by atoms with E-state index in [0.717, 1.165) is 14.3 Å². The van der Waals surface area contributed by atoms with Gasteiger partial charge in [-0.25, -0.2) is 4.39 Å². The Balaban J connectivity index is 2.30. The number of nitrogens with zero attached hydrogens (tertiary/aromatic N) is 1. The second-order valence-corrected chi connectivity index (χ2v) is 5.34. The summed E-state index contributed by atoms with van der Waals surface area (Å²) >= 11 is 4.80. The predicted molar refractivity (Wildman–Crippen MR) is 69.4 cm³/mol. The molecule has 0 bridgehead atoms. The molecule has 0 fully saturated rings. The maximum Gasteiger partial charge on any atom is 0.124 e. The Kier molecular flexibility index (Phi) is 3.82. The van der Waals surface area contributed by atoms with Crippen molar-refractivity contribution in [2.45, 2.75) is 9.79 Å². The summed E-state index contributed by atoms with van der Waals surface area (Å²) < 4.78 is 14.0. The molecule has 0 aromatic heterocycles. The summed E-state index contributed by atoms with van der Waals surface area (Å²) in [6, 6.07) is 14.0. The Labute approximate surface area is 111 Å². The zero-order chi connectivity index (χ0) is 12.3. The summed E-state index contributed by atoms with van der Waals surface area (Å²) in [6.45, 7) is 0. The first kappa shape index (κ1) is 12.2. The van der Waals surface area contributed by atoms with Gasteiger partial charge in [-0.3, -0.25) is 0 Å². The second-order valence-electron chi connectivity index (χ2n) is 3.31. The average Bonchev–Trinajstić information content (AvgIpc) is 2.34. The van der Waals surface area contributed by atoms with E-state index in [9.17, 15) is 4.39 Å². The van der Waals surface area contributed by atoms with E-state index in [1.54, 1.807) is 6.07 Å². The fourth-order valence-electron chi connectivity index (χ4n) is 1.31. The van der Waals surface area contributed by atoms with Gasteiger partial charge in [0.15, 0.2) is 0 Å². The van der Waals surface area contributed by atoms with Crippen LogP contribution in [0.5, 0.6) is 0 Å². The molecule has 0 atom stereocenters. The lowest BCUT2D eigenvalue weighted by molar-refractivity contribution is 0.626.